The molecule has 2 aliphatic rings. The van der Waals surface area contributed by atoms with Gasteiger partial charge in [-0.25, -0.2) is 4.98 Å². The lowest BCUT2D eigenvalue weighted by molar-refractivity contribution is -0.0426. The van der Waals surface area contributed by atoms with Crippen molar-refractivity contribution in [3.8, 4) is 0 Å². The zero-order valence-electron chi connectivity index (χ0n) is 19.2. The van der Waals surface area contributed by atoms with Crippen LogP contribution in [0, 0.1) is 0 Å². The van der Waals surface area contributed by atoms with E-state index < -0.39 is 5.60 Å². The summed E-state index contributed by atoms with van der Waals surface area (Å²) >= 11 is 0. The topological polar surface area (TPSA) is 127 Å². The van der Waals surface area contributed by atoms with Crippen molar-refractivity contribution in [2.45, 2.75) is 44.4 Å². The molecule has 3 N–H and O–H groups in total. The van der Waals surface area contributed by atoms with Crippen LogP contribution in [0.5, 0.6) is 0 Å². The number of nitrogens with zero attached hydrogens (tertiary/aromatic N) is 5. The number of aromatic nitrogens is 5. The third-order valence-corrected chi connectivity index (χ3v) is 6.87. The highest BCUT2D eigenvalue weighted by Gasteiger charge is 2.37. The molecule has 10 nitrogen and oxygen atoms in total. The largest absolute Gasteiger partial charge is 0.384 e. The number of carbonyl (C=O) groups excluding carboxylic acids is 2. The molecule has 0 aromatic carbocycles. The number of nitrogens with one attached hydrogen (secondary N) is 2. The van der Waals surface area contributed by atoms with Gasteiger partial charge in [-0.2, -0.15) is 5.10 Å². The number of rotatable bonds is 5. The van der Waals surface area contributed by atoms with Crippen LogP contribution in [0.2, 0.25) is 0 Å². The van der Waals surface area contributed by atoms with Crippen LogP contribution in [0.1, 0.15) is 64.5 Å². The molecule has 0 unspecified atom stereocenters. The minimum Gasteiger partial charge on any atom is -0.384 e. The molecule has 1 fully saturated rings. The summed E-state index contributed by atoms with van der Waals surface area (Å²) in [6, 6.07) is 9.12. The fourth-order valence-corrected chi connectivity index (χ4v) is 4.72. The van der Waals surface area contributed by atoms with Crippen LogP contribution in [0.15, 0.2) is 48.9 Å². The zero-order valence-corrected chi connectivity index (χ0v) is 19.2. The van der Waals surface area contributed by atoms with Crippen molar-refractivity contribution in [2.24, 2.45) is 0 Å². The summed E-state index contributed by atoms with van der Waals surface area (Å²) in [4.78, 5) is 34.1. The molecule has 1 aliphatic carbocycles. The molecule has 2 amide bonds. The molecule has 35 heavy (non-hydrogen) atoms. The van der Waals surface area contributed by atoms with Crippen molar-refractivity contribution < 1.29 is 14.7 Å². The summed E-state index contributed by atoms with van der Waals surface area (Å²) in [7, 11) is 0. The van der Waals surface area contributed by atoms with E-state index in [2.05, 4.69) is 25.7 Å². The molecule has 1 aliphatic heterocycles. The Morgan fingerprint density at radius 3 is 2.86 bits per heavy atom. The van der Waals surface area contributed by atoms with Crippen LogP contribution in [-0.4, -0.2) is 47.8 Å². The van der Waals surface area contributed by atoms with Crippen molar-refractivity contribution in [1.82, 2.24) is 29.6 Å². The third-order valence-electron chi connectivity index (χ3n) is 6.87. The van der Waals surface area contributed by atoms with Gasteiger partial charge in [-0.1, -0.05) is 6.07 Å². The number of hydrogen-bond acceptors (Lipinski definition) is 6. The lowest BCUT2D eigenvalue weighted by Crippen LogP contribution is -2.37. The summed E-state index contributed by atoms with van der Waals surface area (Å²) in [6.45, 7) is 3.01. The van der Waals surface area contributed by atoms with Crippen molar-refractivity contribution in [3.05, 3.63) is 71.6 Å². The maximum Gasteiger partial charge on any atom is 0.274 e. The number of carbonyl (C=O) groups is 2. The SMILES string of the molecule is C[C@@H]1CNC(=O)c2cc3ccc(C(=O)Nc4cnn(Cc5ccc(C6(O)CCC6)nc5)c4)nc3n21. The molecule has 1 saturated carbocycles. The molecule has 10 heteroatoms. The molecule has 0 spiro atoms. The van der Waals surface area contributed by atoms with E-state index in [-0.39, 0.29) is 23.6 Å². The van der Waals surface area contributed by atoms with Crippen LogP contribution < -0.4 is 10.6 Å². The number of anilines is 1. The Morgan fingerprint density at radius 2 is 2.11 bits per heavy atom. The number of amides is 2. The van der Waals surface area contributed by atoms with Gasteiger partial charge in [0.05, 0.1) is 30.2 Å². The lowest BCUT2D eigenvalue weighted by Gasteiger charge is -2.35. The molecular formula is C25H25N7O3. The smallest absolute Gasteiger partial charge is 0.274 e. The Labute approximate surface area is 201 Å². The second kappa shape index (κ2) is 8.02. The Kier molecular flexibility index (Phi) is 4.92. The van der Waals surface area contributed by atoms with E-state index in [4.69, 9.17) is 0 Å². The molecule has 0 bridgehead atoms. The Balaban J connectivity index is 1.16. The Morgan fingerprint density at radius 1 is 1.26 bits per heavy atom. The van der Waals surface area contributed by atoms with Gasteiger partial charge >= 0.3 is 0 Å². The number of pyridine rings is 2. The monoisotopic (exact) mass is 471 g/mol. The van der Waals surface area contributed by atoms with Crippen LogP contribution in [-0.2, 0) is 12.1 Å². The summed E-state index contributed by atoms with van der Waals surface area (Å²) in [5.74, 6) is -0.488. The second-order valence-electron chi connectivity index (χ2n) is 9.39. The first-order chi connectivity index (χ1) is 16.9. The molecule has 4 aromatic rings. The van der Waals surface area contributed by atoms with Crippen molar-refractivity contribution in [2.75, 3.05) is 11.9 Å². The maximum atomic E-state index is 12.9. The van der Waals surface area contributed by atoms with Crippen molar-refractivity contribution in [3.63, 3.8) is 0 Å². The molecule has 1 atom stereocenters. The summed E-state index contributed by atoms with van der Waals surface area (Å²) in [5, 5.41) is 21.3. The lowest BCUT2D eigenvalue weighted by atomic mass is 9.77. The minimum absolute atomic E-state index is 0.0458. The Bertz CT molecular complexity index is 1450. The zero-order chi connectivity index (χ0) is 24.2. The maximum absolute atomic E-state index is 12.9. The molecule has 0 saturated heterocycles. The summed E-state index contributed by atoms with van der Waals surface area (Å²) < 4.78 is 3.59. The average molecular weight is 472 g/mol. The number of hydrogen-bond donors (Lipinski definition) is 3. The fraction of sp³-hybridized carbons (Fsp3) is 0.320. The normalized spacial score (nSPS) is 18.6. The van der Waals surface area contributed by atoms with E-state index in [1.54, 1.807) is 35.4 Å². The molecule has 5 heterocycles. The van der Waals surface area contributed by atoms with Crippen LogP contribution >= 0.6 is 0 Å². The fourth-order valence-electron chi connectivity index (χ4n) is 4.72. The highest BCUT2D eigenvalue weighted by molar-refractivity contribution is 6.04. The first-order valence-electron chi connectivity index (χ1n) is 11.7. The van der Waals surface area contributed by atoms with Gasteiger partial charge < -0.3 is 20.3 Å². The van der Waals surface area contributed by atoms with Crippen molar-refractivity contribution in [1.29, 1.82) is 0 Å². The predicted octanol–water partition coefficient (Wildman–Crippen LogP) is 2.60. The molecular weight excluding hydrogens is 446 g/mol. The number of fused-ring (bicyclic) bond motifs is 3. The van der Waals surface area contributed by atoms with E-state index in [1.807, 2.05) is 29.7 Å². The van der Waals surface area contributed by atoms with E-state index in [0.717, 1.165) is 30.2 Å². The van der Waals surface area contributed by atoms with E-state index >= 15 is 0 Å². The summed E-state index contributed by atoms with van der Waals surface area (Å²) in [5.41, 5.74) is 2.87. The molecule has 4 aromatic heterocycles. The van der Waals surface area contributed by atoms with Gasteiger partial charge in [0.25, 0.3) is 11.8 Å². The third kappa shape index (κ3) is 3.75. The van der Waals surface area contributed by atoms with E-state index in [0.29, 0.717) is 35.8 Å². The van der Waals surface area contributed by atoms with Gasteiger partial charge in [-0.05, 0) is 56.0 Å². The molecule has 6 rings (SSSR count). The first kappa shape index (κ1) is 21.5. The van der Waals surface area contributed by atoms with Gasteiger partial charge in [0.2, 0.25) is 0 Å². The predicted molar refractivity (Wildman–Crippen MR) is 128 cm³/mol. The van der Waals surface area contributed by atoms with Crippen LogP contribution in [0.25, 0.3) is 11.0 Å². The van der Waals surface area contributed by atoms with Crippen molar-refractivity contribution >= 4 is 28.5 Å². The summed E-state index contributed by atoms with van der Waals surface area (Å²) in [6.07, 6.45) is 7.62. The van der Waals surface area contributed by atoms with Gasteiger partial charge in [-0.3, -0.25) is 19.3 Å². The van der Waals surface area contributed by atoms with Gasteiger partial charge in [0.1, 0.15) is 22.6 Å². The van der Waals surface area contributed by atoms with E-state index in [1.165, 1.54) is 0 Å². The van der Waals surface area contributed by atoms with E-state index in [9.17, 15) is 14.7 Å². The molecule has 178 valence electrons. The highest BCUT2D eigenvalue weighted by Crippen LogP contribution is 2.39. The Hall–Kier alpha value is -4.05. The number of aliphatic hydroxyl groups is 1. The standard InChI is InChI=1S/C25H25N7O3/c1-15-10-27-24(34)20-9-17-4-5-19(30-22(17)32(15)20)23(33)29-18-12-28-31(14-18)13-16-3-6-21(26-11-16)25(35)7-2-8-25/h3-6,9,11-12,14-15,35H,2,7-8,10,13H2,1H3,(H,27,34)(H,29,33)/t15-/m1/s1. The minimum atomic E-state index is -0.774. The van der Waals surface area contributed by atoms with Crippen LogP contribution in [0.3, 0.4) is 0 Å². The average Bonchev–Trinajstić information content (AvgIpc) is 3.45. The van der Waals surface area contributed by atoms with Gasteiger partial charge in [0, 0.05) is 24.3 Å². The van der Waals surface area contributed by atoms with Gasteiger partial charge in [-0.15, -0.1) is 0 Å². The quantitative estimate of drug-likeness (QED) is 0.411. The van der Waals surface area contributed by atoms with Gasteiger partial charge in [0.15, 0.2) is 0 Å². The molecule has 0 radical (unpaired) electrons. The van der Waals surface area contributed by atoms with Crippen LogP contribution in [0.4, 0.5) is 5.69 Å². The second-order valence-corrected chi connectivity index (χ2v) is 9.39. The highest BCUT2D eigenvalue weighted by atomic mass is 16.3. The first-order valence-corrected chi connectivity index (χ1v) is 11.7.